The second-order valence-electron chi connectivity index (χ2n) is 8.57. The van der Waals surface area contributed by atoms with E-state index in [1.165, 1.54) is 17.5 Å². The van der Waals surface area contributed by atoms with Gasteiger partial charge in [0, 0.05) is 33.9 Å². The van der Waals surface area contributed by atoms with Crippen LogP contribution in [0.3, 0.4) is 0 Å². The highest BCUT2D eigenvalue weighted by atomic mass is 32.1. The number of amides is 2. The second kappa shape index (κ2) is 8.89. The smallest absolute Gasteiger partial charge is 0.257 e. The number of nitrogens with zero attached hydrogens (tertiary/aromatic N) is 1. The monoisotopic (exact) mass is 472 g/mol. The van der Waals surface area contributed by atoms with Gasteiger partial charge >= 0.3 is 0 Å². The summed E-state index contributed by atoms with van der Waals surface area (Å²) in [5.41, 5.74) is 2.32. The van der Waals surface area contributed by atoms with Crippen LogP contribution < -0.4 is 16.0 Å². The first-order valence-corrected chi connectivity index (χ1v) is 11.9. The SMILES string of the molecule is Cc1ccccc1Nc1ncc(C(=O)NCC2(O)CC2)cc1NC(=O)c1csc2ccccc12. The molecule has 2 amide bonds. The molecule has 34 heavy (non-hydrogen) atoms. The third-order valence-corrected chi connectivity index (χ3v) is 6.89. The van der Waals surface area contributed by atoms with Crippen LogP contribution in [0, 0.1) is 6.92 Å². The van der Waals surface area contributed by atoms with Crippen molar-refractivity contribution in [1.82, 2.24) is 10.3 Å². The van der Waals surface area contributed by atoms with E-state index in [4.69, 9.17) is 0 Å². The molecule has 1 aliphatic rings. The van der Waals surface area contributed by atoms with Gasteiger partial charge in [-0.1, -0.05) is 36.4 Å². The minimum Gasteiger partial charge on any atom is -0.388 e. The van der Waals surface area contributed by atoms with Gasteiger partial charge in [-0.3, -0.25) is 9.59 Å². The Morgan fingerprint density at radius 2 is 1.82 bits per heavy atom. The molecule has 0 saturated heterocycles. The Labute approximate surface area is 200 Å². The zero-order valence-electron chi connectivity index (χ0n) is 18.6. The zero-order valence-corrected chi connectivity index (χ0v) is 19.4. The fourth-order valence-corrected chi connectivity index (χ4v) is 4.58. The first kappa shape index (κ1) is 22.1. The molecule has 0 aliphatic heterocycles. The van der Waals surface area contributed by atoms with Gasteiger partial charge in [-0.15, -0.1) is 11.3 Å². The molecule has 0 bridgehead atoms. The number of carbonyl (C=O) groups is 2. The summed E-state index contributed by atoms with van der Waals surface area (Å²) < 4.78 is 1.02. The summed E-state index contributed by atoms with van der Waals surface area (Å²) in [5, 5.41) is 21.7. The summed E-state index contributed by atoms with van der Waals surface area (Å²) in [6.45, 7) is 2.17. The highest BCUT2D eigenvalue weighted by Gasteiger charge is 2.40. The molecule has 1 aliphatic carbocycles. The fraction of sp³-hybridized carbons (Fsp3) is 0.192. The fourth-order valence-electron chi connectivity index (χ4n) is 3.64. The topological polar surface area (TPSA) is 103 Å². The first-order valence-electron chi connectivity index (χ1n) is 11.0. The third kappa shape index (κ3) is 4.64. The van der Waals surface area contributed by atoms with Crippen LogP contribution in [0.1, 0.15) is 39.1 Å². The summed E-state index contributed by atoms with van der Waals surface area (Å²) in [4.78, 5) is 30.4. The number of benzene rings is 2. The van der Waals surface area contributed by atoms with Crippen molar-refractivity contribution in [1.29, 1.82) is 0 Å². The van der Waals surface area contributed by atoms with Gasteiger partial charge in [0.15, 0.2) is 5.82 Å². The number of thiophene rings is 1. The summed E-state index contributed by atoms with van der Waals surface area (Å²) in [5.74, 6) is -0.205. The van der Waals surface area contributed by atoms with Gasteiger partial charge in [0.2, 0.25) is 0 Å². The minimum atomic E-state index is -0.799. The van der Waals surface area contributed by atoms with E-state index in [1.807, 2.05) is 60.8 Å². The Balaban J connectivity index is 1.45. The molecule has 172 valence electrons. The molecule has 7 nitrogen and oxygen atoms in total. The molecule has 0 radical (unpaired) electrons. The molecule has 0 spiro atoms. The molecule has 8 heteroatoms. The molecule has 4 aromatic rings. The minimum absolute atomic E-state index is 0.192. The number of aliphatic hydroxyl groups is 1. The molecular weight excluding hydrogens is 448 g/mol. The van der Waals surface area contributed by atoms with Gasteiger partial charge in [-0.2, -0.15) is 0 Å². The lowest BCUT2D eigenvalue weighted by Crippen LogP contribution is -2.33. The van der Waals surface area contributed by atoms with Crippen LogP contribution in [0.15, 0.2) is 66.2 Å². The molecule has 4 N–H and O–H groups in total. The van der Waals surface area contributed by atoms with Gasteiger partial charge < -0.3 is 21.1 Å². The summed E-state index contributed by atoms with van der Waals surface area (Å²) in [7, 11) is 0. The van der Waals surface area contributed by atoms with Gasteiger partial charge in [-0.25, -0.2) is 4.98 Å². The largest absolute Gasteiger partial charge is 0.388 e. The lowest BCUT2D eigenvalue weighted by atomic mass is 10.1. The van der Waals surface area contributed by atoms with E-state index < -0.39 is 5.60 Å². The van der Waals surface area contributed by atoms with Gasteiger partial charge in [-0.05, 0) is 43.5 Å². The van der Waals surface area contributed by atoms with Crippen molar-refractivity contribution < 1.29 is 14.7 Å². The molecule has 0 atom stereocenters. The lowest BCUT2D eigenvalue weighted by Gasteiger charge is -2.15. The van der Waals surface area contributed by atoms with Crippen molar-refractivity contribution in [2.45, 2.75) is 25.4 Å². The Bertz CT molecular complexity index is 1390. The molecular formula is C26H24N4O3S. The number of nitrogens with one attached hydrogen (secondary N) is 3. The van der Waals surface area contributed by atoms with Crippen molar-refractivity contribution in [3.8, 4) is 0 Å². The lowest BCUT2D eigenvalue weighted by molar-refractivity contribution is 0.0895. The van der Waals surface area contributed by atoms with Gasteiger partial charge in [0.1, 0.15) is 0 Å². The van der Waals surface area contributed by atoms with Crippen LogP contribution >= 0.6 is 11.3 Å². The number of fused-ring (bicyclic) bond motifs is 1. The van der Waals surface area contributed by atoms with Crippen LogP contribution in [0.25, 0.3) is 10.1 Å². The standard InChI is InChI=1S/C26H24N4O3S/c1-16-6-2-4-8-20(16)29-23-21(12-17(13-27-23)24(31)28-15-26(33)10-11-26)30-25(32)19-14-34-22-9-5-3-7-18(19)22/h2-9,12-14,33H,10-11,15H2,1H3,(H,27,29)(H,28,31)(H,30,32). The van der Waals surface area contributed by atoms with E-state index in [1.54, 1.807) is 6.07 Å². The van der Waals surface area contributed by atoms with E-state index >= 15 is 0 Å². The quantitative estimate of drug-likeness (QED) is 0.308. The molecule has 5 rings (SSSR count). The van der Waals surface area contributed by atoms with Crippen molar-refractivity contribution in [2.75, 3.05) is 17.2 Å². The highest BCUT2D eigenvalue weighted by molar-refractivity contribution is 7.17. The maximum atomic E-state index is 13.2. The van der Waals surface area contributed by atoms with Crippen molar-refractivity contribution in [3.05, 3.63) is 82.9 Å². The van der Waals surface area contributed by atoms with E-state index in [9.17, 15) is 14.7 Å². The van der Waals surface area contributed by atoms with Gasteiger partial charge in [0.25, 0.3) is 11.8 Å². The van der Waals surface area contributed by atoms with Crippen LogP contribution in [0.5, 0.6) is 0 Å². The van der Waals surface area contributed by atoms with E-state index in [2.05, 4.69) is 20.9 Å². The normalized spacial score (nSPS) is 13.9. The molecule has 2 heterocycles. The zero-order chi connectivity index (χ0) is 23.7. The number of hydrogen-bond donors (Lipinski definition) is 4. The van der Waals surface area contributed by atoms with Crippen molar-refractivity contribution >= 4 is 50.4 Å². The molecule has 1 saturated carbocycles. The average molecular weight is 473 g/mol. The number of anilines is 3. The Morgan fingerprint density at radius 3 is 2.62 bits per heavy atom. The maximum Gasteiger partial charge on any atom is 0.257 e. The van der Waals surface area contributed by atoms with Crippen LogP contribution in [0.2, 0.25) is 0 Å². The van der Waals surface area contributed by atoms with Crippen molar-refractivity contribution in [3.63, 3.8) is 0 Å². The third-order valence-electron chi connectivity index (χ3n) is 5.93. The second-order valence-corrected chi connectivity index (χ2v) is 9.48. The molecule has 1 fully saturated rings. The van der Waals surface area contributed by atoms with Crippen molar-refractivity contribution in [2.24, 2.45) is 0 Å². The number of hydrogen-bond acceptors (Lipinski definition) is 6. The average Bonchev–Trinajstić information content (AvgIpc) is 3.42. The van der Waals surface area contributed by atoms with Crippen LogP contribution in [-0.2, 0) is 0 Å². The number of aryl methyl sites for hydroxylation is 1. The predicted octanol–water partition coefficient (Wildman–Crippen LogP) is 4.86. The number of pyridine rings is 1. The van der Waals surface area contributed by atoms with E-state index in [-0.39, 0.29) is 18.4 Å². The van der Waals surface area contributed by atoms with E-state index in [0.29, 0.717) is 35.5 Å². The molecule has 0 unspecified atom stereocenters. The molecule has 2 aromatic heterocycles. The predicted molar refractivity (Wildman–Crippen MR) is 135 cm³/mol. The van der Waals surface area contributed by atoms with Crippen LogP contribution in [-0.4, -0.2) is 34.1 Å². The summed E-state index contributed by atoms with van der Waals surface area (Å²) >= 11 is 1.50. The Morgan fingerprint density at radius 1 is 1.06 bits per heavy atom. The Hall–Kier alpha value is -3.75. The number of para-hydroxylation sites is 1. The number of aromatic nitrogens is 1. The number of rotatable bonds is 7. The van der Waals surface area contributed by atoms with Crippen LogP contribution in [0.4, 0.5) is 17.2 Å². The first-order chi connectivity index (χ1) is 16.4. The van der Waals surface area contributed by atoms with Gasteiger partial charge in [0.05, 0.1) is 22.4 Å². The molecule has 2 aromatic carbocycles. The maximum absolute atomic E-state index is 13.2. The summed E-state index contributed by atoms with van der Waals surface area (Å²) in [6, 6.07) is 17.1. The number of carbonyl (C=O) groups excluding carboxylic acids is 2. The Kier molecular flexibility index (Phi) is 5.77. The highest BCUT2D eigenvalue weighted by Crippen LogP contribution is 2.34. The van der Waals surface area contributed by atoms with E-state index in [0.717, 1.165) is 21.3 Å². The summed E-state index contributed by atoms with van der Waals surface area (Å²) in [6.07, 6.45) is 2.82.